The van der Waals surface area contributed by atoms with Crippen LogP contribution in [0.4, 0.5) is 5.69 Å². The number of carbonyl (C=O) groups excluding carboxylic acids is 1. The topological polar surface area (TPSA) is 52.3 Å². The third-order valence-corrected chi connectivity index (χ3v) is 4.49. The fourth-order valence-electron chi connectivity index (χ4n) is 3.30. The minimum Gasteiger partial charge on any atom is -0.461 e. The highest BCUT2D eigenvalue weighted by molar-refractivity contribution is 5.90. The smallest absolute Gasteiger partial charge is 0.338 e. The zero-order valence-electron chi connectivity index (χ0n) is 13.1. The molecular formula is C21H17NO2. The summed E-state index contributed by atoms with van der Waals surface area (Å²) >= 11 is 0. The van der Waals surface area contributed by atoms with Crippen LogP contribution in [0.2, 0.25) is 0 Å². The fraction of sp³-hybridized carbons (Fsp3) is 0.0952. The number of rotatable bonds is 3. The summed E-state index contributed by atoms with van der Waals surface area (Å²) in [7, 11) is 0. The van der Waals surface area contributed by atoms with E-state index in [1.165, 1.54) is 22.3 Å². The molecule has 0 unspecified atom stereocenters. The molecule has 1 aliphatic carbocycles. The second-order valence-corrected chi connectivity index (χ2v) is 5.95. The van der Waals surface area contributed by atoms with E-state index >= 15 is 0 Å². The van der Waals surface area contributed by atoms with E-state index in [9.17, 15) is 4.79 Å². The van der Waals surface area contributed by atoms with Crippen LogP contribution in [-0.2, 0) is 4.74 Å². The largest absolute Gasteiger partial charge is 0.461 e. The van der Waals surface area contributed by atoms with Gasteiger partial charge in [0.15, 0.2) is 0 Å². The molecule has 2 N–H and O–H groups in total. The predicted molar refractivity (Wildman–Crippen MR) is 94.9 cm³/mol. The van der Waals surface area contributed by atoms with Gasteiger partial charge in [0.1, 0.15) is 6.61 Å². The summed E-state index contributed by atoms with van der Waals surface area (Å²) in [6.45, 7) is 0.331. The Bertz CT molecular complexity index is 854. The van der Waals surface area contributed by atoms with Crippen LogP contribution in [0.5, 0.6) is 0 Å². The minimum absolute atomic E-state index is 0.0788. The molecule has 3 aromatic carbocycles. The molecule has 0 heterocycles. The number of nitrogen functional groups attached to an aromatic ring is 1. The molecule has 0 bridgehead atoms. The van der Waals surface area contributed by atoms with Crippen molar-refractivity contribution in [2.45, 2.75) is 5.92 Å². The molecule has 3 aromatic rings. The highest BCUT2D eigenvalue weighted by Crippen LogP contribution is 2.44. The lowest BCUT2D eigenvalue weighted by Crippen LogP contribution is -2.12. The number of ether oxygens (including phenoxy) is 1. The lowest BCUT2D eigenvalue weighted by molar-refractivity contribution is 0.0493. The molecule has 24 heavy (non-hydrogen) atoms. The molecule has 0 atom stereocenters. The average molecular weight is 315 g/mol. The molecule has 0 aromatic heterocycles. The van der Waals surface area contributed by atoms with E-state index in [0.29, 0.717) is 17.9 Å². The van der Waals surface area contributed by atoms with E-state index in [4.69, 9.17) is 10.5 Å². The van der Waals surface area contributed by atoms with Crippen molar-refractivity contribution in [3.63, 3.8) is 0 Å². The van der Waals surface area contributed by atoms with Crippen molar-refractivity contribution < 1.29 is 9.53 Å². The van der Waals surface area contributed by atoms with Crippen LogP contribution < -0.4 is 5.73 Å². The van der Waals surface area contributed by atoms with E-state index in [2.05, 4.69) is 24.3 Å². The lowest BCUT2D eigenvalue weighted by Gasteiger charge is -2.14. The van der Waals surface area contributed by atoms with Gasteiger partial charge in [-0.05, 0) is 46.5 Å². The van der Waals surface area contributed by atoms with Gasteiger partial charge in [-0.1, -0.05) is 48.5 Å². The molecule has 0 saturated carbocycles. The first kappa shape index (κ1) is 14.5. The zero-order chi connectivity index (χ0) is 16.5. The van der Waals surface area contributed by atoms with Gasteiger partial charge >= 0.3 is 5.97 Å². The first-order valence-electron chi connectivity index (χ1n) is 7.95. The first-order valence-corrected chi connectivity index (χ1v) is 7.95. The van der Waals surface area contributed by atoms with Gasteiger partial charge in [-0.2, -0.15) is 0 Å². The number of esters is 1. The summed E-state index contributed by atoms with van der Waals surface area (Å²) in [5, 5.41) is 0. The maximum absolute atomic E-state index is 12.3. The van der Waals surface area contributed by atoms with Gasteiger partial charge in [0, 0.05) is 11.6 Å². The summed E-state index contributed by atoms with van der Waals surface area (Å²) in [5.41, 5.74) is 11.7. The molecule has 0 radical (unpaired) electrons. The molecule has 3 nitrogen and oxygen atoms in total. The molecule has 4 rings (SSSR count). The van der Waals surface area contributed by atoms with Crippen molar-refractivity contribution in [1.29, 1.82) is 0 Å². The Morgan fingerprint density at radius 3 is 1.96 bits per heavy atom. The molecule has 0 aliphatic heterocycles. The SMILES string of the molecule is Nc1ccc(C(=O)OCC2c3ccccc3-c3ccccc32)cc1. The van der Waals surface area contributed by atoms with Crippen LogP contribution in [0.15, 0.2) is 72.8 Å². The van der Waals surface area contributed by atoms with Gasteiger partial charge in [0.2, 0.25) is 0 Å². The summed E-state index contributed by atoms with van der Waals surface area (Å²) in [6.07, 6.45) is 0. The normalized spacial score (nSPS) is 12.5. The van der Waals surface area contributed by atoms with E-state index in [-0.39, 0.29) is 11.9 Å². The Morgan fingerprint density at radius 1 is 0.833 bits per heavy atom. The molecule has 118 valence electrons. The third kappa shape index (κ3) is 2.44. The number of nitrogens with two attached hydrogens (primary N) is 1. The number of carbonyl (C=O) groups is 1. The van der Waals surface area contributed by atoms with Crippen LogP contribution in [0.3, 0.4) is 0 Å². The maximum atomic E-state index is 12.3. The molecular weight excluding hydrogens is 298 g/mol. The van der Waals surface area contributed by atoms with Gasteiger partial charge in [-0.15, -0.1) is 0 Å². The summed E-state index contributed by atoms with van der Waals surface area (Å²) in [6, 6.07) is 23.4. The average Bonchev–Trinajstić information content (AvgIpc) is 2.94. The third-order valence-electron chi connectivity index (χ3n) is 4.49. The highest BCUT2D eigenvalue weighted by Gasteiger charge is 2.29. The molecule has 0 spiro atoms. The Morgan fingerprint density at radius 2 is 1.38 bits per heavy atom. The van der Waals surface area contributed by atoms with E-state index < -0.39 is 0 Å². The molecule has 0 amide bonds. The van der Waals surface area contributed by atoms with Crippen LogP contribution in [0.1, 0.15) is 27.4 Å². The van der Waals surface area contributed by atoms with Crippen LogP contribution >= 0.6 is 0 Å². The minimum atomic E-state index is -0.322. The standard InChI is InChI=1S/C21H17NO2/c22-15-11-9-14(10-12-15)21(23)24-13-20-18-7-3-1-5-16(18)17-6-2-4-8-19(17)20/h1-12,20H,13,22H2. The van der Waals surface area contributed by atoms with Crippen LogP contribution in [-0.4, -0.2) is 12.6 Å². The Balaban J connectivity index is 1.58. The van der Waals surface area contributed by atoms with E-state index in [0.717, 1.165) is 0 Å². The van der Waals surface area contributed by atoms with Crippen molar-refractivity contribution in [3.05, 3.63) is 89.5 Å². The van der Waals surface area contributed by atoms with Crippen molar-refractivity contribution in [1.82, 2.24) is 0 Å². The van der Waals surface area contributed by atoms with Gasteiger partial charge in [-0.3, -0.25) is 0 Å². The summed E-state index contributed by atoms with van der Waals surface area (Å²) in [4.78, 5) is 12.3. The summed E-state index contributed by atoms with van der Waals surface area (Å²) in [5.74, 6) is -0.244. The molecule has 0 saturated heterocycles. The van der Waals surface area contributed by atoms with Crippen molar-refractivity contribution in [2.75, 3.05) is 12.3 Å². The number of fused-ring (bicyclic) bond motifs is 3. The Kier molecular flexibility index (Phi) is 3.54. The van der Waals surface area contributed by atoms with Crippen molar-refractivity contribution >= 4 is 11.7 Å². The molecule has 1 aliphatic rings. The van der Waals surface area contributed by atoms with E-state index in [1.807, 2.05) is 24.3 Å². The Labute approximate surface area is 140 Å². The molecule has 0 fully saturated rings. The van der Waals surface area contributed by atoms with Crippen LogP contribution in [0.25, 0.3) is 11.1 Å². The number of anilines is 1. The molecule has 3 heteroatoms. The predicted octanol–water partition coefficient (Wildman–Crippen LogP) is 4.24. The number of hydrogen-bond acceptors (Lipinski definition) is 3. The maximum Gasteiger partial charge on any atom is 0.338 e. The summed E-state index contributed by atoms with van der Waals surface area (Å²) < 4.78 is 5.59. The highest BCUT2D eigenvalue weighted by atomic mass is 16.5. The van der Waals surface area contributed by atoms with Gasteiger partial charge in [-0.25, -0.2) is 4.79 Å². The van der Waals surface area contributed by atoms with Gasteiger partial charge in [0.25, 0.3) is 0 Å². The number of hydrogen-bond donors (Lipinski definition) is 1. The first-order chi connectivity index (χ1) is 11.7. The quantitative estimate of drug-likeness (QED) is 0.581. The fourth-order valence-corrected chi connectivity index (χ4v) is 3.30. The zero-order valence-corrected chi connectivity index (χ0v) is 13.1. The number of benzene rings is 3. The van der Waals surface area contributed by atoms with Gasteiger partial charge < -0.3 is 10.5 Å². The van der Waals surface area contributed by atoms with E-state index in [1.54, 1.807) is 24.3 Å². The van der Waals surface area contributed by atoms with Crippen molar-refractivity contribution in [3.8, 4) is 11.1 Å². The monoisotopic (exact) mass is 315 g/mol. The Hall–Kier alpha value is -3.07. The van der Waals surface area contributed by atoms with Crippen LogP contribution in [0, 0.1) is 0 Å². The van der Waals surface area contributed by atoms with Gasteiger partial charge in [0.05, 0.1) is 5.56 Å². The second-order valence-electron chi connectivity index (χ2n) is 5.95. The van der Waals surface area contributed by atoms with Crippen molar-refractivity contribution in [2.24, 2.45) is 0 Å². The second kappa shape index (κ2) is 5.85. The lowest BCUT2D eigenvalue weighted by atomic mass is 9.98.